The largest absolute Gasteiger partial charge is 0.399 e. The molecule has 128 valence electrons. The maximum Gasteiger partial charge on any atom is 0.259 e. The standard InChI is InChI=1S/C16H16N6O2S/c17-11-4-6-12(7-5-11)19-15-8-9-18-16(21-15)20-13-2-1-3-14(10-13)22-25(23)24/h1-10,22H,17H2,(H,23,24)(H2,18,19,20,21). The minimum Gasteiger partial charge on any atom is -0.399 e. The number of nitrogens with one attached hydrogen (secondary N) is 3. The maximum absolute atomic E-state index is 10.8. The molecule has 0 aliphatic heterocycles. The summed E-state index contributed by atoms with van der Waals surface area (Å²) in [5.74, 6) is 1.01. The summed E-state index contributed by atoms with van der Waals surface area (Å²) in [6.45, 7) is 0. The van der Waals surface area contributed by atoms with Gasteiger partial charge in [0.15, 0.2) is 0 Å². The van der Waals surface area contributed by atoms with Crippen molar-refractivity contribution in [3.63, 3.8) is 0 Å². The van der Waals surface area contributed by atoms with Crippen molar-refractivity contribution in [1.82, 2.24) is 9.97 Å². The molecule has 0 radical (unpaired) electrons. The zero-order valence-corrected chi connectivity index (χ0v) is 13.8. The molecule has 1 unspecified atom stereocenters. The predicted octanol–water partition coefficient (Wildman–Crippen LogP) is 3.09. The topological polar surface area (TPSA) is 125 Å². The molecule has 0 amide bonds. The van der Waals surface area contributed by atoms with Crippen LogP contribution in [0.3, 0.4) is 0 Å². The van der Waals surface area contributed by atoms with E-state index in [2.05, 4.69) is 25.3 Å². The van der Waals surface area contributed by atoms with Crippen molar-refractivity contribution in [3.8, 4) is 0 Å². The lowest BCUT2D eigenvalue weighted by atomic mass is 10.3. The van der Waals surface area contributed by atoms with E-state index in [1.54, 1.807) is 48.7 Å². The van der Waals surface area contributed by atoms with Crippen LogP contribution in [0.25, 0.3) is 0 Å². The van der Waals surface area contributed by atoms with Gasteiger partial charge in [-0.1, -0.05) is 6.07 Å². The summed E-state index contributed by atoms with van der Waals surface area (Å²) in [6, 6.07) is 16.0. The first kappa shape index (κ1) is 16.7. The van der Waals surface area contributed by atoms with Crippen molar-refractivity contribution >= 4 is 45.8 Å². The van der Waals surface area contributed by atoms with Crippen LogP contribution >= 0.6 is 0 Å². The van der Waals surface area contributed by atoms with Crippen molar-refractivity contribution in [2.24, 2.45) is 0 Å². The molecule has 0 saturated heterocycles. The first-order chi connectivity index (χ1) is 12.1. The van der Waals surface area contributed by atoms with Gasteiger partial charge in [0.05, 0.1) is 5.69 Å². The smallest absolute Gasteiger partial charge is 0.259 e. The van der Waals surface area contributed by atoms with Gasteiger partial charge >= 0.3 is 0 Å². The van der Waals surface area contributed by atoms with Gasteiger partial charge in [-0.25, -0.2) is 9.19 Å². The average molecular weight is 356 g/mol. The fourth-order valence-corrected chi connectivity index (χ4v) is 2.42. The number of anilines is 6. The normalized spacial score (nSPS) is 11.6. The predicted molar refractivity (Wildman–Crippen MR) is 100 cm³/mol. The van der Waals surface area contributed by atoms with Crippen LogP contribution in [0, 0.1) is 0 Å². The second kappa shape index (κ2) is 7.60. The molecule has 8 nitrogen and oxygen atoms in total. The van der Waals surface area contributed by atoms with E-state index in [0.29, 0.717) is 28.8 Å². The number of rotatable bonds is 6. The van der Waals surface area contributed by atoms with Gasteiger partial charge in [0.1, 0.15) is 5.82 Å². The molecule has 2 aromatic carbocycles. The number of hydrogen-bond acceptors (Lipinski definition) is 6. The minimum absolute atomic E-state index is 0.391. The van der Waals surface area contributed by atoms with Crippen LogP contribution in [0.5, 0.6) is 0 Å². The van der Waals surface area contributed by atoms with E-state index >= 15 is 0 Å². The van der Waals surface area contributed by atoms with Crippen LogP contribution in [0.1, 0.15) is 0 Å². The lowest BCUT2D eigenvalue weighted by molar-refractivity contribution is 0.570. The van der Waals surface area contributed by atoms with Crippen molar-refractivity contribution in [2.45, 2.75) is 0 Å². The molecule has 0 saturated carbocycles. The third kappa shape index (κ3) is 4.90. The molecule has 6 N–H and O–H groups in total. The Morgan fingerprint density at radius 1 is 0.960 bits per heavy atom. The Kier molecular flexibility index (Phi) is 5.07. The number of nitrogens with two attached hydrogens (primary N) is 1. The van der Waals surface area contributed by atoms with Crippen LogP contribution in [0.4, 0.5) is 34.5 Å². The molecular formula is C16H16N6O2S. The Hall–Kier alpha value is -3.17. The lowest BCUT2D eigenvalue weighted by Gasteiger charge is -2.09. The average Bonchev–Trinajstić information content (AvgIpc) is 2.57. The van der Waals surface area contributed by atoms with Gasteiger partial charge in [0.2, 0.25) is 5.95 Å². The molecular weight excluding hydrogens is 340 g/mol. The summed E-state index contributed by atoms with van der Waals surface area (Å²) in [5.41, 5.74) is 8.40. The first-order valence-corrected chi connectivity index (χ1v) is 8.39. The van der Waals surface area contributed by atoms with Crippen LogP contribution in [-0.2, 0) is 11.3 Å². The quantitative estimate of drug-likeness (QED) is 0.339. The Morgan fingerprint density at radius 3 is 2.48 bits per heavy atom. The van der Waals surface area contributed by atoms with Crippen LogP contribution < -0.4 is 21.1 Å². The van der Waals surface area contributed by atoms with E-state index in [4.69, 9.17) is 10.3 Å². The molecule has 1 heterocycles. The van der Waals surface area contributed by atoms with Crippen LogP contribution in [0.2, 0.25) is 0 Å². The van der Waals surface area contributed by atoms with Gasteiger partial charge < -0.3 is 16.4 Å². The molecule has 1 atom stereocenters. The highest BCUT2D eigenvalue weighted by atomic mass is 32.2. The van der Waals surface area contributed by atoms with Gasteiger partial charge in [0, 0.05) is 23.3 Å². The number of nitrogens with zero attached hydrogens (tertiary/aromatic N) is 2. The number of nitrogen functional groups attached to an aromatic ring is 1. The number of benzene rings is 2. The summed E-state index contributed by atoms with van der Waals surface area (Å²) < 4.78 is 22.1. The number of hydrogen-bond donors (Lipinski definition) is 5. The molecule has 0 aliphatic rings. The Balaban J connectivity index is 1.73. The van der Waals surface area contributed by atoms with Crippen LogP contribution in [-0.4, -0.2) is 18.7 Å². The van der Waals surface area contributed by atoms with Crippen molar-refractivity contribution in [1.29, 1.82) is 0 Å². The molecule has 25 heavy (non-hydrogen) atoms. The minimum atomic E-state index is -2.13. The highest BCUT2D eigenvalue weighted by Gasteiger charge is 2.03. The van der Waals surface area contributed by atoms with E-state index in [9.17, 15) is 4.21 Å². The van der Waals surface area contributed by atoms with E-state index < -0.39 is 11.3 Å². The summed E-state index contributed by atoms with van der Waals surface area (Å²) in [5, 5.41) is 6.21. The third-order valence-corrected chi connectivity index (χ3v) is 3.57. The van der Waals surface area contributed by atoms with Crippen molar-refractivity contribution < 1.29 is 8.76 Å². The van der Waals surface area contributed by atoms with E-state index in [1.807, 2.05) is 12.1 Å². The van der Waals surface area contributed by atoms with Gasteiger partial charge in [-0.15, -0.1) is 0 Å². The van der Waals surface area contributed by atoms with Gasteiger partial charge in [-0.3, -0.25) is 9.27 Å². The second-order valence-corrected chi connectivity index (χ2v) is 5.77. The summed E-state index contributed by atoms with van der Waals surface area (Å²) in [7, 11) is 0. The summed E-state index contributed by atoms with van der Waals surface area (Å²) in [6.07, 6.45) is 1.62. The SMILES string of the molecule is Nc1ccc(Nc2ccnc(Nc3cccc(NS(=O)O)c3)n2)cc1. The second-order valence-electron chi connectivity index (χ2n) is 5.07. The Morgan fingerprint density at radius 2 is 1.72 bits per heavy atom. The zero-order chi connectivity index (χ0) is 17.6. The monoisotopic (exact) mass is 356 g/mol. The highest BCUT2D eigenvalue weighted by molar-refractivity contribution is 7.80. The Bertz CT molecular complexity index is 888. The van der Waals surface area contributed by atoms with E-state index in [0.717, 1.165) is 5.69 Å². The molecule has 0 bridgehead atoms. The molecule has 9 heteroatoms. The van der Waals surface area contributed by atoms with E-state index in [1.165, 1.54) is 0 Å². The Labute approximate surface area is 146 Å². The van der Waals surface area contributed by atoms with Crippen molar-refractivity contribution in [3.05, 3.63) is 60.8 Å². The van der Waals surface area contributed by atoms with Gasteiger partial charge in [-0.2, -0.15) is 4.98 Å². The highest BCUT2D eigenvalue weighted by Crippen LogP contribution is 2.20. The molecule has 0 fully saturated rings. The molecule has 3 aromatic rings. The molecule has 0 spiro atoms. The lowest BCUT2D eigenvalue weighted by Crippen LogP contribution is -2.03. The van der Waals surface area contributed by atoms with Crippen LogP contribution in [0.15, 0.2) is 60.8 Å². The fraction of sp³-hybridized carbons (Fsp3) is 0. The van der Waals surface area contributed by atoms with Gasteiger partial charge in [-0.05, 0) is 48.5 Å². The summed E-state index contributed by atoms with van der Waals surface area (Å²) >= 11 is -2.13. The third-order valence-electron chi connectivity index (χ3n) is 3.16. The maximum atomic E-state index is 10.8. The van der Waals surface area contributed by atoms with Crippen molar-refractivity contribution in [2.75, 3.05) is 21.1 Å². The number of aromatic nitrogens is 2. The molecule has 1 aromatic heterocycles. The van der Waals surface area contributed by atoms with Gasteiger partial charge in [0.25, 0.3) is 11.3 Å². The zero-order valence-electron chi connectivity index (χ0n) is 13.0. The fourth-order valence-electron chi connectivity index (χ4n) is 2.09. The molecule has 0 aliphatic carbocycles. The first-order valence-electron chi connectivity index (χ1n) is 7.29. The van der Waals surface area contributed by atoms with E-state index in [-0.39, 0.29) is 0 Å². The molecule has 3 rings (SSSR count). The summed E-state index contributed by atoms with van der Waals surface area (Å²) in [4.78, 5) is 8.55.